The van der Waals surface area contributed by atoms with Crippen LogP contribution in [0.4, 0.5) is 0 Å². The van der Waals surface area contributed by atoms with Gasteiger partial charge in [-0.05, 0) is 30.5 Å². The molecule has 0 aliphatic carbocycles. The van der Waals surface area contributed by atoms with Gasteiger partial charge in [0.25, 0.3) is 0 Å². The maximum atomic E-state index is 5.93. The number of ether oxygens (including phenoxy) is 1. The van der Waals surface area contributed by atoms with E-state index in [9.17, 15) is 0 Å². The number of hydrogen-bond donors (Lipinski definition) is 2. The van der Waals surface area contributed by atoms with Crippen molar-refractivity contribution >= 4 is 5.96 Å². The molecule has 0 bridgehead atoms. The Balaban J connectivity index is 1.54. The topological polar surface area (TPSA) is 63.5 Å². The van der Waals surface area contributed by atoms with Crippen molar-refractivity contribution in [1.29, 1.82) is 0 Å². The third kappa shape index (κ3) is 5.70. The van der Waals surface area contributed by atoms with Gasteiger partial charge in [-0.25, -0.2) is 0 Å². The van der Waals surface area contributed by atoms with E-state index in [0.29, 0.717) is 26.3 Å². The van der Waals surface area contributed by atoms with E-state index in [0.717, 1.165) is 17.3 Å². The molecule has 158 valence electrons. The van der Waals surface area contributed by atoms with Gasteiger partial charge in [0, 0.05) is 38.4 Å². The molecule has 1 heterocycles. The summed E-state index contributed by atoms with van der Waals surface area (Å²) in [6.45, 7) is 6.66. The van der Waals surface area contributed by atoms with Crippen LogP contribution in [0.2, 0.25) is 0 Å². The highest BCUT2D eigenvalue weighted by atomic mass is 16.5. The summed E-state index contributed by atoms with van der Waals surface area (Å²) in [5.74, 6) is 0.762. The number of guanidine groups is 1. The summed E-state index contributed by atoms with van der Waals surface area (Å²) < 4.78 is 7.84. The number of rotatable bonds is 8. The molecule has 2 aromatic carbocycles. The largest absolute Gasteiger partial charge is 0.372 e. The molecule has 0 aliphatic heterocycles. The Kier molecular flexibility index (Phi) is 7.63. The van der Waals surface area contributed by atoms with Crippen molar-refractivity contribution in [2.45, 2.75) is 40.2 Å². The molecule has 0 atom stereocenters. The van der Waals surface area contributed by atoms with Crippen LogP contribution in [0.5, 0.6) is 0 Å². The molecule has 0 fully saturated rings. The first-order chi connectivity index (χ1) is 14.6. The fourth-order valence-corrected chi connectivity index (χ4v) is 3.37. The molecular weight excluding hydrogens is 374 g/mol. The maximum Gasteiger partial charge on any atom is 0.191 e. The zero-order valence-electron chi connectivity index (χ0n) is 18.3. The smallest absolute Gasteiger partial charge is 0.191 e. The third-order valence-corrected chi connectivity index (χ3v) is 5.25. The highest BCUT2D eigenvalue weighted by Gasteiger charge is 2.10. The first-order valence-electron chi connectivity index (χ1n) is 10.2. The Morgan fingerprint density at radius 3 is 2.27 bits per heavy atom. The monoisotopic (exact) mass is 405 g/mol. The average Bonchev–Trinajstić information content (AvgIpc) is 3.01. The van der Waals surface area contributed by atoms with Crippen LogP contribution in [-0.2, 0) is 38.1 Å². The van der Waals surface area contributed by atoms with E-state index in [1.54, 1.807) is 7.05 Å². The standard InChI is InChI=1S/C24H31N5O/c1-18-23(19(2)29(4)28-18)15-27-24(25-3)26-14-21-12-8-9-13-22(21)17-30-16-20-10-6-5-7-11-20/h5-13H,14-17H2,1-4H3,(H2,25,26,27). The number of aromatic nitrogens is 2. The van der Waals surface area contributed by atoms with Gasteiger partial charge in [-0.3, -0.25) is 9.67 Å². The summed E-state index contributed by atoms with van der Waals surface area (Å²) in [6, 6.07) is 18.6. The first kappa shape index (κ1) is 21.6. The molecule has 3 rings (SSSR count). The zero-order chi connectivity index (χ0) is 21.3. The summed E-state index contributed by atoms with van der Waals surface area (Å²) >= 11 is 0. The molecule has 0 aliphatic rings. The summed E-state index contributed by atoms with van der Waals surface area (Å²) in [6.07, 6.45) is 0. The fraction of sp³-hybridized carbons (Fsp3) is 0.333. The van der Waals surface area contributed by atoms with Crippen molar-refractivity contribution < 1.29 is 4.74 Å². The second-order valence-electron chi connectivity index (χ2n) is 7.30. The van der Waals surface area contributed by atoms with Crippen molar-refractivity contribution in [2.24, 2.45) is 12.0 Å². The van der Waals surface area contributed by atoms with Crippen molar-refractivity contribution in [3.05, 3.63) is 88.2 Å². The molecule has 0 radical (unpaired) electrons. The molecule has 3 aromatic rings. The molecule has 6 nitrogen and oxygen atoms in total. The van der Waals surface area contributed by atoms with E-state index in [1.807, 2.05) is 42.9 Å². The van der Waals surface area contributed by atoms with Crippen molar-refractivity contribution in [2.75, 3.05) is 7.05 Å². The minimum Gasteiger partial charge on any atom is -0.372 e. The fourth-order valence-electron chi connectivity index (χ4n) is 3.37. The Hall–Kier alpha value is -3.12. The van der Waals surface area contributed by atoms with Crippen LogP contribution >= 0.6 is 0 Å². The van der Waals surface area contributed by atoms with E-state index >= 15 is 0 Å². The lowest BCUT2D eigenvalue weighted by Gasteiger charge is -2.15. The molecule has 0 saturated heterocycles. The summed E-state index contributed by atoms with van der Waals surface area (Å²) in [7, 11) is 3.75. The number of benzene rings is 2. The van der Waals surface area contributed by atoms with Crippen LogP contribution in [0.15, 0.2) is 59.6 Å². The van der Waals surface area contributed by atoms with Gasteiger partial charge in [-0.2, -0.15) is 5.10 Å². The van der Waals surface area contributed by atoms with Gasteiger partial charge < -0.3 is 15.4 Å². The predicted molar refractivity (Wildman–Crippen MR) is 121 cm³/mol. The normalized spacial score (nSPS) is 11.5. The van der Waals surface area contributed by atoms with Gasteiger partial charge in [-0.15, -0.1) is 0 Å². The van der Waals surface area contributed by atoms with E-state index in [4.69, 9.17) is 4.74 Å². The van der Waals surface area contributed by atoms with Crippen LogP contribution in [-0.4, -0.2) is 22.8 Å². The van der Waals surface area contributed by atoms with Crippen molar-refractivity contribution in [3.63, 3.8) is 0 Å². The van der Waals surface area contributed by atoms with Crippen LogP contribution in [0.3, 0.4) is 0 Å². The molecule has 0 saturated carbocycles. The van der Waals surface area contributed by atoms with Crippen molar-refractivity contribution in [1.82, 2.24) is 20.4 Å². The molecule has 6 heteroatoms. The molecule has 30 heavy (non-hydrogen) atoms. The van der Waals surface area contributed by atoms with E-state index < -0.39 is 0 Å². The van der Waals surface area contributed by atoms with Gasteiger partial charge >= 0.3 is 0 Å². The number of nitrogens with zero attached hydrogens (tertiary/aromatic N) is 3. The van der Waals surface area contributed by atoms with Crippen LogP contribution in [0.1, 0.15) is 33.6 Å². The van der Waals surface area contributed by atoms with Gasteiger partial charge in [0.2, 0.25) is 0 Å². The van der Waals surface area contributed by atoms with E-state index in [1.165, 1.54) is 22.3 Å². The lowest BCUT2D eigenvalue weighted by molar-refractivity contribution is 0.106. The summed E-state index contributed by atoms with van der Waals surface area (Å²) in [4.78, 5) is 4.35. The van der Waals surface area contributed by atoms with Crippen LogP contribution in [0.25, 0.3) is 0 Å². The minimum absolute atomic E-state index is 0.576. The number of aliphatic imine (C=N–C) groups is 1. The van der Waals surface area contributed by atoms with E-state index in [-0.39, 0.29) is 0 Å². The lowest BCUT2D eigenvalue weighted by Crippen LogP contribution is -2.36. The van der Waals surface area contributed by atoms with Gasteiger partial charge in [0.1, 0.15) is 0 Å². The zero-order valence-corrected chi connectivity index (χ0v) is 18.3. The van der Waals surface area contributed by atoms with Crippen LogP contribution < -0.4 is 10.6 Å². The van der Waals surface area contributed by atoms with Gasteiger partial charge in [-0.1, -0.05) is 54.6 Å². The molecule has 1 aromatic heterocycles. The van der Waals surface area contributed by atoms with Gasteiger partial charge in [0.15, 0.2) is 5.96 Å². The molecule has 2 N–H and O–H groups in total. The van der Waals surface area contributed by atoms with Gasteiger partial charge in [0.05, 0.1) is 18.9 Å². The number of aryl methyl sites for hydroxylation is 2. The van der Waals surface area contributed by atoms with Crippen LogP contribution in [0, 0.1) is 13.8 Å². The Bertz CT molecular complexity index is 979. The first-order valence-corrected chi connectivity index (χ1v) is 10.2. The average molecular weight is 406 g/mol. The minimum atomic E-state index is 0.576. The third-order valence-electron chi connectivity index (χ3n) is 5.25. The second kappa shape index (κ2) is 10.6. The molecule has 0 unspecified atom stereocenters. The maximum absolute atomic E-state index is 5.93. The number of nitrogens with one attached hydrogen (secondary N) is 2. The molecule has 0 amide bonds. The Morgan fingerprint density at radius 2 is 1.60 bits per heavy atom. The lowest BCUT2D eigenvalue weighted by atomic mass is 10.1. The summed E-state index contributed by atoms with van der Waals surface area (Å²) in [5.41, 5.74) is 6.96. The highest BCUT2D eigenvalue weighted by molar-refractivity contribution is 5.79. The van der Waals surface area contributed by atoms with E-state index in [2.05, 4.69) is 58.0 Å². The SMILES string of the molecule is CN=C(NCc1ccccc1COCc1ccccc1)NCc1c(C)nn(C)c1C. The Labute approximate surface area is 179 Å². The quantitative estimate of drug-likeness (QED) is 0.444. The Morgan fingerprint density at radius 1 is 0.933 bits per heavy atom. The number of hydrogen-bond acceptors (Lipinski definition) is 3. The highest BCUT2D eigenvalue weighted by Crippen LogP contribution is 2.13. The molecule has 0 spiro atoms. The second-order valence-corrected chi connectivity index (χ2v) is 7.30. The predicted octanol–water partition coefficient (Wildman–Crippen LogP) is 3.62. The van der Waals surface area contributed by atoms with Crippen molar-refractivity contribution in [3.8, 4) is 0 Å². The summed E-state index contributed by atoms with van der Waals surface area (Å²) in [5, 5.41) is 11.3. The molecular formula is C24H31N5O.